The molecule has 0 amide bonds. The summed E-state index contributed by atoms with van der Waals surface area (Å²) in [6.45, 7) is 2.20. The Balaban J connectivity index is 2.08. The fraction of sp³-hybridized carbons (Fsp3) is 0.750. The van der Waals surface area contributed by atoms with E-state index < -0.39 is 9.84 Å². The third kappa shape index (κ3) is 2.92. The van der Waals surface area contributed by atoms with E-state index in [0.717, 1.165) is 24.1 Å². The van der Waals surface area contributed by atoms with E-state index >= 15 is 0 Å². The second-order valence-electron chi connectivity index (χ2n) is 4.91. The topological polar surface area (TPSA) is 72.2 Å². The van der Waals surface area contributed by atoms with Gasteiger partial charge in [-0.05, 0) is 38.2 Å². The summed E-state index contributed by atoms with van der Waals surface area (Å²) in [4.78, 5) is 0. The molecule has 0 aromatic carbocycles. The summed E-state index contributed by atoms with van der Waals surface area (Å²) in [5.74, 6) is 0.534. The first-order valence-corrected chi connectivity index (χ1v) is 8.20. The van der Waals surface area contributed by atoms with Crippen LogP contribution in [-0.2, 0) is 16.3 Å². The number of hydrogen-bond acceptors (Lipinski definition) is 4. The van der Waals surface area contributed by atoms with Crippen LogP contribution in [0.4, 0.5) is 0 Å². The summed E-state index contributed by atoms with van der Waals surface area (Å²) in [6, 6.07) is 0.205. The maximum Gasteiger partial charge on any atom is 0.150 e. The fourth-order valence-corrected chi connectivity index (χ4v) is 3.93. The van der Waals surface area contributed by atoms with Crippen molar-refractivity contribution < 1.29 is 13.5 Å². The van der Waals surface area contributed by atoms with Crippen LogP contribution in [0, 0.1) is 6.92 Å². The smallest absolute Gasteiger partial charge is 0.150 e. The molecule has 1 N–H and O–H groups in total. The van der Waals surface area contributed by atoms with Gasteiger partial charge in [-0.1, -0.05) is 0 Å². The van der Waals surface area contributed by atoms with Crippen molar-refractivity contribution in [3.8, 4) is 0 Å². The molecule has 6 heteroatoms. The Bertz CT molecular complexity index is 493. The van der Waals surface area contributed by atoms with E-state index in [1.54, 1.807) is 0 Å². The van der Waals surface area contributed by atoms with Crippen molar-refractivity contribution in [1.29, 1.82) is 0 Å². The SMILES string of the molecule is Cc1c(CCCO)cnn1C1CCS(=O)(=O)CC1. The Kier molecular flexibility index (Phi) is 4.07. The van der Waals surface area contributed by atoms with Crippen molar-refractivity contribution in [3.63, 3.8) is 0 Å². The molecule has 5 nitrogen and oxygen atoms in total. The van der Waals surface area contributed by atoms with Crippen LogP contribution in [0.2, 0.25) is 0 Å². The zero-order chi connectivity index (χ0) is 13.2. The van der Waals surface area contributed by atoms with Crippen LogP contribution in [0.3, 0.4) is 0 Å². The van der Waals surface area contributed by atoms with E-state index in [9.17, 15) is 8.42 Å². The van der Waals surface area contributed by atoms with Gasteiger partial charge in [0.1, 0.15) is 9.84 Å². The predicted molar refractivity (Wildman–Crippen MR) is 69.3 cm³/mol. The first-order chi connectivity index (χ1) is 8.53. The molecule has 18 heavy (non-hydrogen) atoms. The van der Waals surface area contributed by atoms with Crippen LogP contribution in [0.25, 0.3) is 0 Å². The Morgan fingerprint density at radius 2 is 2.11 bits per heavy atom. The minimum Gasteiger partial charge on any atom is -0.396 e. The number of nitrogens with zero attached hydrogens (tertiary/aromatic N) is 2. The lowest BCUT2D eigenvalue weighted by molar-refractivity contribution is 0.288. The van der Waals surface area contributed by atoms with Crippen molar-refractivity contribution >= 4 is 9.84 Å². The molecular weight excluding hydrogens is 252 g/mol. The quantitative estimate of drug-likeness (QED) is 0.882. The summed E-state index contributed by atoms with van der Waals surface area (Å²) in [7, 11) is -2.82. The molecule has 2 heterocycles. The van der Waals surface area contributed by atoms with E-state index in [4.69, 9.17) is 5.11 Å². The van der Waals surface area contributed by atoms with Crippen LogP contribution in [0.15, 0.2) is 6.20 Å². The summed E-state index contributed by atoms with van der Waals surface area (Å²) < 4.78 is 24.8. The first-order valence-electron chi connectivity index (χ1n) is 6.38. The molecule has 0 radical (unpaired) electrons. The number of sulfone groups is 1. The lowest BCUT2D eigenvalue weighted by Gasteiger charge is -2.23. The van der Waals surface area contributed by atoms with Gasteiger partial charge in [-0.15, -0.1) is 0 Å². The highest BCUT2D eigenvalue weighted by molar-refractivity contribution is 7.91. The number of rotatable bonds is 4. The highest BCUT2D eigenvalue weighted by Gasteiger charge is 2.26. The van der Waals surface area contributed by atoms with Gasteiger partial charge >= 0.3 is 0 Å². The molecule has 1 aromatic heterocycles. The van der Waals surface area contributed by atoms with Gasteiger partial charge in [-0.3, -0.25) is 4.68 Å². The molecule has 1 fully saturated rings. The van der Waals surface area contributed by atoms with Crippen LogP contribution in [-0.4, -0.2) is 41.4 Å². The molecule has 0 atom stereocenters. The molecule has 102 valence electrons. The third-order valence-electron chi connectivity index (χ3n) is 3.62. The molecule has 1 saturated heterocycles. The zero-order valence-electron chi connectivity index (χ0n) is 10.7. The number of aryl methyl sites for hydroxylation is 1. The first kappa shape index (κ1) is 13.5. The maximum absolute atomic E-state index is 11.4. The van der Waals surface area contributed by atoms with Gasteiger partial charge in [0.05, 0.1) is 23.7 Å². The van der Waals surface area contributed by atoms with Crippen LogP contribution >= 0.6 is 0 Å². The lowest BCUT2D eigenvalue weighted by atomic mass is 10.1. The molecule has 0 unspecified atom stereocenters. The van der Waals surface area contributed by atoms with E-state index in [1.165, 1.54) is 0 Å². The standard InChI is InChI=1S/C12H20N2O3S/c1-10-11(3-2-6-15)9-13-14(10)12-4-7-18(16,17)8-5-12/h9,12,15H,2-8H2,1H3. The molecule has 1 aliphatic rings. The summed E-state index contributed by atoms with van der Waals surface area (Å²) in [5, 5.41) is 13.2. The van der Waals surface area contributed by atoms with Crippen LogP contribution < -0.4 is 0 Å². The van der Waals surface area contributed by atoms with Gasteiger partial charge in [0.2, 0.25) is 0 Å². The van der Waals surface area contributed by atoms with Gasteiger partial charge in [0.15, 0.2) is 0 Å². The normalized spacial score (nSPS) is 20.1. The minimum absolute atomic E-state index is 0.187. The molecule has 1 aromatic rings. The second-order valence-corrected chi connectivity index (χ2v) is 7.21. The van der Waals surface area contributed by atoms with Crippen molar-refractivity contribution in [3.05, 3.63) is 17.5 Å². The maximum atomic E-state index is 11.4. The van der Waals surface area contributed by atoms with Gasteiger partial charge in [0.25, 0.3) is 0 Å². The van der Waals surface area contributed by atoms with Crippen LogP contribution in [0.1, 0.15) is 36.6 Å². The molecule has 1 aliphatic heterocycles. The molecule has 2 rings (SSSR count). The van der Waals surface area contributed by atoms with E-state index in [1.807, 2.05) is 17.8 Å². The average molecular weight is 272 g/mol. The van der Waals surface area contributed by atoms with Gasteiger partial charge in [-0.25, -0.2) is 8.42 Å². The van der Waals surface area contributed by atoms with Crippen molar-refractivity contribution in [2.45, 2.75) is 38.6 Å². The van der Waals surface area contributed by atoms with Gasteiger partial charge < -0.3 is 5.11 Å². The minimum atomic E-state index is -2.82. The third-order valence-corrected chi connectivity index (χ3v) is 5.34. The molecule has 0 spiro atoms. The summed E-state index contributed by atoms with van der Waals surface area (Å²) in [6.07, 6.45) is 4.72. The van der Waals surface area contributed by atoms with Crippen LogP contribution in [0.5, 0.6) is 0 Å². The number of aliphatic hydroxyl groups excluding tert-OH is 1. The Morgan fingerprint density at radius 3 is 2.72 bits per heavy atom. The lowest BCUT2D eigenvalue weighted by Crippen LogP contribution is -2.26. The van der Waals surface area contributed by atoms with E-state index in [-0.39, 0.29) is 24.2 Å². The van der Waals surface area contributed by atoms with Crippen molar-refractivity contribution in [2.75, 3.05) is 18.1 Å². The number of hydrogen-bond donors (Lipinski definition) is 1. The van der Waals surface area contributed by atoms with E-state index in [0.29, 0.717) is 12.8 Å². The molecule has 0 saturated carbocycles. The summed E-state index contributed by atoms with van der Waals surface area (Å²) >= 11 is 0. The largest absolute Gasteiger partial charge is 0.396 e. The molecule has 0 aliphatic carbocycles. The Hall–Kier alpha value is -0.880. The Morgan fingerprint density at radius 1 is 1.44 bits per heavy atom. The molecular formula is C12H20N2O3S. The average Bonchev–Trinajstić information content (AvgIpc) is 2.68. The highest BCUT2D eigenvalue weighted by atomic mass is 32.2. The number of aromatic nitrogens is 2. The zero-order valence-corrected chi connectivity index (χ0v) is 11.5. The predicted octanol–water partition coefficient (Wildman–Crippen LogP) is 0.866. The fourth-order valence-electron chi connectivity index (χ4n) is 2.46. The Labute approximate surface area is 108 Å². The summed E-state index contributed by atoms with van der Waals surface area (Å²) in [5.41, 5.74) is 2.25. The highest BCUT2D eigenvalue weighted by Crippen LogP contribution is 2.25. The van der Waals surface area contributed by atoms with Crippen molar-refractivity contribution in [2.24, 2.45) is 0 Å². The van der Waals surface area contributed by atoms with Gasteiger partial charge in [-0.2, -0.15) is 5.10 Å². The van der Waals surface area contributed by atoms with Crippen molar-refractivity contribution in [1.82, 2.24) is 9.78 Å². The number of aliphatic hydroxyl groups is 1. The molecule has 0 bridgehead atoms. The monoisotopic (exact) mass is 272 g/mol. The van der Waals surface area contributed by atoms with Gasteiger partial charge in [0, 0.05) is 12.3 Å². The van der Waals surface area contributed by atoms with E-state index in [2.05, 4.69) is 5.10 Å². The second kappa shape index (κ2) is 5.40.